The fraction of sp³-hybridized carbons (Fsp3) is 0.513. The van der Waals surface area contributed by atoms with Crippen LogP contribution < -0.4 is 4.90 Å². The quantitative estimate of drug-likeness (QED) is 0.290. The molecule has 10 nitrogen and oxygen atoms in total. The predicted octanol–water partition coefficient (Wildman–Crippen LogP) is 3.31. The van der Waals surface area contributed by atoms with Crippen LogP contribution in [0.15, 0.2) is 86.0 Å². The Bertz CT molecular complexity index is 1500. The monoisotopic (exact) mass is 670 g/mol. The van der Waals surface area contributed by atoms with E-state index in [-0.39, 0.29) is 30.9 Å². The first kappa shape index (κ1) is 35.0. The number of morpholine rings is 1. The molecule has 262 valence electrons. The smallest absolute Gasteiger partial charge is 0.248 e. The molecule has 49 heavy (non-hydrogen) atoms. The van der Waals surface area contributed by atoms with Gasteiger partial charge in [0.25, 0.3) is 0 Å². The highest BCUT2D eigenvalue weighted by Crippen LogP contribution is 2.65. The highest BCUT2D eigenvalue weighted by molar-refractivity contribution is 6.03. The third kappa shape index (κ3) is 6.36. The SMILES string of the molecule is C=CCN(CCN1CCOCC1)C(=O)C1N([C@@H](CO)Cc2ccccc2)C(=O)[C@@H]2[C@H](C(=O)N(CC=C)c3ccccc3)[C@]3(CC)CCC12O3. The number of amides is 3. The van der Waals surface area contributed by atoms with Gasteiger partial charge in [-0.2, -0.15) is 0 Å². The molecule has 2 aromatic carbocycles. The van der Waals surface area contributed by atoms with Crippen molar-refractivity contribution in [1.82, 2.24) is 14.7 Å². The number of rotatable bonds is 15. The van der Waals surface area contributed by atoms with Gasteiger partial charge in [0.15, 0.2) is 0 Å². The van der Waals surface area contributed by atoms with Crippen LogP contribution in [0.4, 0.5) is 5.69 Å². The van der Waals surface area contributed by atoms with Crippen LogP contribution in [-0.4, -0.2) is 120 Å². The molecule has 0 aliphatic carbocycles. The average molecular weight is 671 g/mol. The number of carbonyl (C=O) groups excluding carboxylic acids is 3. The number of hydrogen-bond donors (Lipinski definition) is 1. The van der Waals surface area contributed by atoms with Crippen molar-refractivity contribution in [3.63, 3.8) is 0 Å². The summed E-state index contributed by atoms with van der Waals surface area (Å²) < 4.78 is 12.6. The van der Waals surface area contributed by atoms with Crippen LogP contribution in [0.3, 0.4) is 0 Å². The first-order chi connectivity index (χ1) is 23.8. The van der Waals surface area contributed by atoms with Gasteiger partial charge in [0.2, 0.25) is 17.7 Å². The molecule has 0 saturated carbocycles. The second-order valence-electron chi connectivity index (χ2n) is 13.7. The van der Waals surface area contributed by atoms with Gasteiger partial charge in [-0.3, -0.25) is 19.3 Å². The van der Waals surface area contributed by atoms with Gasteiger partial charge >= 0.3 is 0 Å². The molecule has 2 bridgehead atoms. The highest BCUT2D eigenvalue weighted by Gasteiger charge is 2.79. The van der Waals surface area contributed by atoms with Crippen LogP contribution in [0.25, 0.3) is 0 Å². The van der Waals surface area contributed by atoms with Crippen molar-refractivity contribution in [3.05, 3.63) is 91.5 Å². The number of aliphatic hydroxyl groups excluding tert-OH is 1. The number of ether oxygens (including phenoxy) is 2. The summed E-state index contributed by atoms with van der Waals surface area (Å²) >= 11 is 0. The maximum absolute atomic E-state index is 15.1. The van der Waals surface area contributed by atoms with E-state index in [1.807, 2.05) is 67.6 Å². The summed E-state index contributed by atoms with van der Waals surface area (Å²) in [5.41, 5.74) is -0.470. The molecule has 6 atom stereocenters. The van der Waals surface area contributed by atoms with E-state index in [1.165, 1.54) is 0 Å². The molecule has 10 heteroatoms. The van der Waals surface area contributed by atoms with Gasteiger partial charge in [0.05, 0.1) is 43.3 Å². The minimum absolute atomic E-state index is 0.209. The van der Waals surface area contributed by atoms with E-state index in [0.29, 0.717) is 64.2 Å². The third-order valence-corrected chi connectivity index (χ3v) is 11.1. The lowest BCUT2D eigenvalue weighted by Gasteiger charge is -2.40. The Morgan fingerprint density at radius 2 is 1.67 bits per heavy atom. The number of hydrogen-bond acceptors (Lipinski definition) is 7. The van der Waals surface area contributed by atoms with Crippen molar-refractivity contribution in [2.45, 2.75) is 55.9 Å². The van der Waals surface area contributed by atoms with Crippen molar-refractivity contribution < 1.29 is 29.0 Å². The van der Waals surface area contributed by atoms with Crippen LogP contribution in [0.2, 0.25) is 0 Å². The summed E-state index contributed by atoms with van der Waals surface area (Å²) in [6.07, 6.45) is 5.29. The van der Waals surface area contributed by atoms with E-state index in [9.17, 15) is 9.90 Å². The summed E-state index contributed by atoms with van der Waals surface area (Å²) in [5, 5.41) is 10.9. The number of anilines is 1. The number of nitrogens with zero attached hydrogens (tertiary/aromatic N) is 4. The molecule has 0 aromatic heterocycles. The number of likely N-dealkylation sites (tertiary alicyclic amines) is 1. The van der Waals surface area contributed by atoms with Crippen molar-refractivity contribution >= 4 is 23.4 Å². The first-order valence-corrected chi connectivity index (χ1v) is 17.7. The van der Waals surface area contributed by atoms with Gasteiger partial charge in [-0.15, -0.1) is 13.2 Å². The lowest BCUT2D eigenvalue weighted by molar-refractivity contribution is -0.156. The predicted molar refractivity (Wildman–Crippen MR) is 188 cm³/mol. The van der Waals surface area contributed by atoms with Crippen LogP contribution in [0.1, 0.15) is 31.7 Å². The zero-order valence-electron chi connectivity index (χ0n) is 28.6. The Morgan fingerprint density at radius 3 is 2.31 bits per heavy atom. The fourth-order valence-corrected chi connectivity index (χ4v) is 8.78. The summed E-state index contributed by atoms with van der Waals surface area (Å²) in [6.45, 7) is 14.0. The van der Waals surface area contributed by atoms with Crippen molar-refractivity contribution in [2.24, 2.45) is 11.8 Å². The number of benzene rings is 2. The van der Waals surface area contributed by atoms with Crippen LogP contribution >= 0.6 is 0 Å². The number of para-hydroxylation sites is 1. The number of aliphatic hydroxyl groups is 1. The molecule has 2 aromatic rings. The molecule has 6 rings (SSSR count). The van der Waals surface area contributed by atoms with Gasteiger partial charge in [0.1, 0.15) is 11.6 Å². The molecular weight excluding hydrogens is 620 g/mol. The lowest BCUT2D eigenvalue weighted by atomic mass is 9.64. The van der Waals surface area contributed by atoms with Gasteiger partial charge in [-0.1, -0.05) is 67.6 Å². The Hall–Kier alpha value is -3.83. The van der Waals surface area contributed by atoms with E-state index in [1.54, 1.807) is 26.9 Å². The molecule has 4 aliphatic rings. The van der Waals surface area contributed by atoms with Gasteiger partial charge < -0.3 is 29.3 Å². The molecular formula is C39H50N4O6. The van der Waals surface area contributed by atoms with Crippen LogP contribution in [0.5, 0.6) is 0 Å². The second kappa shape index (κ2) is 15.0. The van der Waals surface area contributed by atoms with Gasteiger partial charge in [-0.25, -0.2) is 0 Å². The number of carbonyl (C=O) groups is 3. The van der Waals surface area contributed by atoms with Crippen molar-refractivity contribution in [3.8, 4) is 0 Å². The lowest BCUT2D eigenvalue weighted by Crippen LogP contribution is -2.60. The van der Waals surface area contributed by atoms with E-state index in [2.05, 4.69) is 18.1 Å². The van der Waals surface area contributed by atoms with E-state index in [0.717, 1.165) is 18.7 Å². The van der Waals surface area contributed by atoms with E-state index in [4.69, 9.17) is 9.47 Å². The molecule has 4 aliphatic heterocycles. The molecule has 1 spiro atoms. The van der Waals surface area contributed by atoms with Crippen LogP contribution in [-0.2, 0) is 30.3 Å². The zero-order chi connectivity index (χ0) is 34.6. The molecule has 2 unspecified atom stereocenters. The summed E-state index contributed by atoms with van der Waals surface area (Å²) in [7, 11) is 0. The largest absolute Gasteiger partial charge is 0.394 e. The Kier molecular flexibility index (Phi) is 10.7. The Morgan fingerprint density at radius 1 is 1.00 bits per heavy atom. The summed E-state index contributed by atoms with van der Waals surface area (Å²) in [4.78, 5) is 52.3. The van der Waals surface area contributed by atoms with Gasteiger partial charge in [0, 0.05) is 45.0 Å². The minimum atomic E-state index is -1.22. The fourth-order valence-electron chi connectivity index (χ4n) is 8.78. The first-order valence-electron chi connectivity index (χ1n) is 17.7. The molecule has 3 amide bonds. The summed E-state index contributed by atoms with van der Waals surface area (Å²) in [6, 6.07) is 17.4. The topological polar surface area (TPSA) is 103 Å². The second-order valence-corrected chi connectivity index (χ2v) is 13.7. The molecule has 4 saturated heterocycles. The molecule has 4 heterocycles. The Balaban J connectivity index is 1.42. The van der Waals surface area contributed by atoms with Crippen molar-refractivity contribution in [2.75, 3.05) is 64.0 Å². The highest BCUT2D eigenvalue weighted by atomic mass is 16.5. The van der Waals surface area contributed by atoms with E-state index < -0.39 is 35.1 Å². The Labute approximate surface area is 289 Å². The molecule has 1 N–H and O–H groups in total. The standard InChI is InChI=1S/C39H50N4O6/c1-4-19-41(22-21-40-23-25-48-26-24-40)37(47)34-39-18-17-38(6-3,49-39)32(35(45)42(20-5-2)30-15-11-8-12-16-30)33(39)36(46)43(34)31(28-44)27-29-13-9-7-10-14-29/h4-5,7-16,31-34,44H,1-2,6,17-28H2,3H3/t31-,32-,33+,34?,38+,39?/m1/s1. The average Bonchev–Trinajstić information content (AvgIpc) is 3.75. The van der Waals surface area contributed by atoms with Crippen molar-refractivity contribution in [1.29, 1.82) is 0 Å². The third-order valence-electron chi connectivity index (χ3n) is 11.1. The maximum atomic E-state index is 15.1. The zero-order valence-corrected chi connectivity index (χ0v) is 28.6. The van der Waals surface area contributed by atoms with Crippen LogP contribution in [0, 0.1) is 11.8 Å². The maximum Gasteiger partial charge on any atom is 0.248 e. The molecule has 4 fully saturated rings. The minimum Gasteiger partial charge on any atom is -0.394 e. The summed E-state index contributed by atoms with van der Waals surface area (Å²) in [5.74, 6) is -2.44. The van der Waals surface area contributed by atoms with E-state index >= 15 is 9.59 Å². The molecule has 0 radical (unpaired) electrons. The van der Waals surface area contributed by atoms with Gasteiger partial charge in [-0.05, 0) is 43.4 Å². The normalized spacial score (nSPS) is 28.2. The number of fused-ring (bicyclic) bond motifs is 1.